The molecule has 0 saturated carbocycles. The molecule has 2 rings (SSSR count). The number of para-hydroxylation sites is 1. The fraction of sp³-hybridized carbons (Fsp3) is 0.308. The first-order chi connectivity index (χ1) is 8.22. The van der Waals surface area contributed by atoms with Crippen molar-refractivity contribution in [1.82, 2.24) is 4.98 Å². The van der Waals surface area contributed by atoms with Crippen molar-refractivity contribution < 1.29 is 9.53 Å². The third-order valence-electron chi connectivity index (χ3n) is 2.47. The Kier molecular flexibility index (Phi) is 3.74. The smallest absolute Gasteiger partial charge is 0.319 e. The number of benzene rings is 1. The fourth-order valence-electron chi connectivity index (χ4n) is 1.64. The molecule has 90 valence electrons. The van der Waals surface area contributed by atoms with Gasteiger partial charge in [0.05, 0.1) is 6.61 Å². The first-order valence-electron chi connectivity index (χ1n) is 5.61. The lowest BCUT2D eigenvalue weighted by atomic mass is 10.2. The third-order valence-corrected chi connectivity index (χ3v) is 3.61. The molecular formula is C13H15NO2S. The number of carbonyl (C=O) groups is 1. The van der Waals surface area contributed by atoms with Crippen molar-refractivity contribution in [3.63, 3.8) is 0 Å². The number of thioether (sulfide) groups is 1. The average Bonchev–Trinajstić information content (AvgIpc) is 2.73. The number of H-pyrrole nitrogens is 1. The van der Waals surface area contributed by atoms with Crippen LogP contribution in [0.1, 0.15) is 13.8 Å². The van der Waals surface area contributed by atoms with E-state index >= 15 is 0 Å². The minimum absolute atomic E-state index is 0.164. The number of nitrogens with one attached hydrogen (secondary N) is 1. The molecule has 0 aliphatic heterocycles. The summed E-state index contributed by atoms with van der Waals surface area (Å²) in [6, 6.07) is 8.05. The topological polar surface area (TPSA) is 42.1 Å². The summed E-state index contributed by atoms with van der Waals surface area (Å²) in [6.07, 6.45) is 1.94. The average molecular weight is 249 g/mol. The molecule has 0 aliphatic carbocycles. The molecule has 1 atom stereocenters. The minimum Gasteiger partial charge on any atom is -0.465 e. The van der Waals surface area contributed by atoms with Crippen LogP contribution in [0.3, 0.4) is 0 Å². The molecule has 0 spiro atoms. The quantitative estimate of drug-likeness (QED) is 0.668. The summed E-state index contributed by atoms with van der Waals surface area (Å²) in [5, 5.41) is 0.961. The van der Waals surface area contributed by atoms with Crippen LogP contribution in [0.25, 0.3) is 10.9 Å². The molecule has 1 aromatic carbocycles. The van der Waals surface area contributed by atoms with Gasteiger partial charge in [0, 0.05) is 22.0 Å². The Morgan fingerprint density at radius 2 is 2.24 bits per heavy atom. The van der Waals surface area contributed by atoms with Crippen molar-refractivity contribution >= 4 is 28.6 Å². The van der Waals surface area contributed by atoms with Crippen molar-refractivity contribution in [2.75, 3.05) is 6.61 Å². The Balaban J connectivity index is 2.16. The highest BCUT2D eigenvalue weighted by atomic mass is 32.2. The highest BCUT2D eigenvalue weighted by Gasteiger charge is 2.17. The predicted octanol–water partition coefficient (Wildman–Crippen LogP) is 3.21. The highest BCUT2D eigenvalue weighted by molar-refractivity contribution is 8.00. The van der Waals surface area contributed by atoms with Gasteiger partial charge in [-0.3, -0.25) is 4.79 Å². The van der Waals surface area contributed by atoms with Gasteiger partial charge in [-0.15, -0.1) is 11.8 Å². The number of rotatable bonds is 4. The van der Waals surface area contributed by atoms with Crippen LogP contribution in [0, 0.1) is 0 Å². The van der Waals surface area contributed by atoms with E-state index in [4.69, 9.17) is 4.74 Å². The first-order valence-corrected chi connectivity index (χ1v) is 6.49. The van der Waals surface area contributed by atoms with Gasteiger partial charge in [-0.05, 0) is 19.9 Å². The van der Waals surface area contributed by atoms with Crippen LogP contribution in [0.4, 0.5) is 0 Å². The molecule has 0 fully saturated rings. The van der Waals surface area contributed by atoms with E-state index < -0.39 is 0 Å². The number of ether oxygens (including phenoxy) is 1. The molecule has 1 heterocycles. The summed E-state index contributed by atoms with van der Waals surface area (Å²) in [6.45, 7) is 4.11. The number of fused-ring (bicyclic) bond motifs is 1. The zero-order valence-corrected chi connectivity index (χ0v) is 10.7. The molecular weight excluding hydrogens is 234 g/mol. The van der Waals surface area contributed by atoms with Crippen LogP contribution in [0.15, 0.2) is 35.4 Å². The van der Waals surface area contributed by atoms with Crippen molar-refractivity contribution in [3.05, 3.63) is 30.5 Å². The summed E-state index contributed by atoms with van der Waals surface area (Å²) >= 11 is 1.52. The maximum atomic E-state index is 11.6. The maximum absolute atomic E-state index is 11.6. The number of aromatic nitrogens is 1. The van der Waals surface area contributed by atoms with Crippen LogP contribution in [0.2, 0.25) is 0 Å². The second-order valence-electron chi connectivity index (χ2n) is 3.71. The second kappa shape index (κ2) is 5.27. The maximum Gasteiger partial charge on any atom is 0.319 e. The zero-order chi connectivity index (χ0) is 12.3. The normalized spacial score (nSPS) is 12.6. The lowest BCUT2D eigenvalue weighted by Crippen LogP contribution is -2.16. The number of hydrogen-bond acceptors (Lipinski definition) is 3. The Bertz CT molecular complexity index is 521. The molecule has 1 unspecified atom stereocenters. The summed E-state index contributed by atoms with van der Waals surface area (Å²) in [5.74, 6) is -0.164. The van der Waals surface area contributed by atoms with Gasteiger partial charge in [-0.25, -0.2) is 0 Å². The highest BCUT2D eigenvalue weighted by Crippen LogP contribution is 2.31. The monoisotopic (exact) mass is 249 g/mol. The van der Waals surface area contributed by atoms with E-state index in [9.17, 15) is 4.79 Å². The molecule has 2 aromatic rings. The van der Waals surface area contributed by atoms with Crippen LogP contribution >= 0.6 is 11.8 Å². The number of esters is 1. The van der Waals surface area contributed by atoms with E-state index in [0.29, 0.717) is 6.61 Å². The molecule has 17 heavy (non-hydrogen) atoms. The van der Waals surface area contributed by atoms with Crippen LogP contribution in [-0.4, -0.2) is 22.8 Å². The molecule has 1 N–H and O–H groups in total. The number of hydrogen-bond donors (Lipinski definition) is 1. The molecule has 1 aromatic heterocycles. The molecule has 0 amide bonds. The summed E-state index contributed by atoms with van der Waals surface area (Å²) in [4.78, 5) is 15.8. The van der Waals surface area contributed by atoms with Crippen LogP contribution in [-0.2, 0) is 9.53 Å². The van der Waals surface area contributed by atoms with Gasteiger partial charge in [0.25, 0.3) is 0 Å². The van der Waals surface area contributed by atoms with E-state index in [0.717, 1.165) is 15.8 Å². The Hall–Kier alpha value is -1.42. The predicted molar refractivity (Wildman–Crippen MR) is 70.3 cm³/mol. The number of aromatic amines is 1. The Labute approximate surface area is 105 Å². The van der Waals surface area contributed by atoms with Crippen LogP contribution < -0.4 is 0 Å². The molecule has 4 heteroatoms. The van der Waals surface area contributed by atoms with Crippen molar-refractivity contribution in [2.45, 2.75) is 24.0 Å². The summed E-state index contributed by atoms with van der Waals surface area (Å²) in [5.41, 5.74) is 1.09. The van der Waals surface area contributed by atoms with Crippen molar-refractivity contribution in [3.8, 4) is 0 Å². The van der Waals surface area contributed by atoms with Crippen LogP contribution in [0.5, 0.6) is 0 Å². The van der Waals surface area contributed by atoms with E-state index in [1.165, 1.54) is 11.8 Å². The third kappa shape index (κ3) is 2.64. The van der Waals surface area contributed by atoms with Gasteiger partial charge >= 0.3 is 5.97 Å². The summed E-state index contributed by atoms with van der Waals surface area (Å²) < 4.78 is 4.99. The fourth-order valence-corrected chi connectivity index (χ4v) is 2.62. The van der Waals surface area contributed by atoms with Gasteiger partial charge in [0.2, 0.25) is 0 Å². The van der Waals surface area contributed by atoms with E-state index in [1.807, 2.05) is 44.3 Å². The van der Waals surface area contributed by atoms with Gasteiger partial charge in [0.1, 0.15) is 5.25 Å². The van der Waals surface area contributed by atoms with Crippen molar-refractivity contribution in [1.29, 1.82) is 0 Å². The zero-order valence-electron chi connectivity index (χ0n) is 9.90. The van der Waals surface area contributed by atoms with Crippen molar-refractivity contribution in [2.24, 2.45) is 0 Å². The first kappa shape index (κ1) is 12.0. The van der Waals surface area contributed by atoms with Gasteiger partial charge in [-0.2, -0.15) is 0 Å². The van der Waals surface area contributed by atoms with Gasteiger partial charge in [0.15, 0.2) is 0 Å². The molecule has 0 aliphatic rings. The molecule has 0 radical (unpaired) electrons. The lowest BCUT2D eigenvalue weighted by Gasteiger charge is -2.09. The molecule has 0 saturated heterocycles. The largest absolute Gasteiger partial charge is 0.465 e. The van der Waals surface area contributed by atoms with E-state index in [2.05, 4.69) is 4.98 Å². The van der Waals surface area contributed by atoms with E-state index in [1.54, 1.807) is 0 Å². The standard InChI is InChI=1S/C13H15NO2S/c1-3-16-13(15)9(2)17-12-8-14-11-7-5-4-6-10(11)12/h4-9,14H,3H2,1-2H3. The molecule has 0 bridgehead atoms. The Morgan fingerprint density at radius 1 is 1.47 bits per heavy atom. The summed E-state index contributed by atoms with van der Waals surface area (Å²) in [7, 11) is 0. The lowest BCUT2D eigenvalue weighted by molar-refractivity contribution is -0.142. The SMILES string of the molecule is CCOC(=O)C(C)Sc1c[nH]c2ccccc12. The Morgan fingerprint density at radius 3 is 3.00 bits per heavy atom. The minimum atomic E-state index is -0.186. The second-order valence-corrected chi connectivity index (χ2v) is 5.09. The van der Waals surface area contributed by atoms with Gasteiger partial charge < -0.3 is 9.72 Å². The number of carbonyl (C=O) groups excluding carboxylic acids is 1. The molecule has 3 nitrogen and oxygen atoms in total. The van der Waals surface area contributed by atoms with E-state index in [-0.39, 0.29) is 11.2 Å². The van der Waals surface area contributed by atoms with Gasteiger partial charge in [-0.1, -0.05) is 18.2 Å².